The monoisotopic (exact) mass is 388 g/mol. The van der Waals surface area contributed by atoms with Crippen LogP contribution in [0, 0.1) is 6.92 Å². The van der Waals surface area contributed by atoms with Crippen molar-refractivity contribution in [1.29, 1.82) is 0 Å². The highest BCUT2D eigenvalue weighted by Gasteiger charge is 2.18. The van der Waals surface area contributed by atoms with Gasteiger partial charge in [0.2, 0.25) is 5.91 Å². The quantitative estimate of drug-likeness (QED) is 0.821. The van der Waals surface area contributed by atoms with Gasteiger partial charge in [0.1, 0.15) is 0 Å². The maximum absolute atomic E-state index is 12.3. The van der Waals surface area contributed by atoms with Crippen molar-refractivity contribution in [1.82, 2.24) is 4.90 Å². The van der Waals surface area contributed by atoms with E-state index in [1.54, 1.807) is 12.1 Å². The number of morpholine rings is 1. The van der Waals surface area contributed by atoms with E-state index in [-0.39, 0.29) is 23.7 Å². The zero-order valence-electron chi connectivity index (χ0n) is 15.0. The third-order valence-corrected chi connectivity index (χ3v) is 4.74. The molecule has 1 saturated heterocycles. The fraction of sp³-hybridized carbons (Fsp3) is 0.300. The van der Waals surface area contributed by atoms with E-state index in [1.165, 1.54) is 6.07 Å². The summed E-state index contributed by atoms with van der Waals surface area (Å²) in [7, 11) is 0. The maximum Gasteiger partial charge on any atom is 0.337 e. The topological polar surface area (TPSA) is 78.9 Å². The van der Waals surface area contributed by atoms with Crippen molar-refractivity contribution < 1.29 is 19.4 Å². The molecule has 27 heavy (non-hydrogen) atoms. The second-order valence-corrected chi connectivity index (χ2v) is 6.89. The van der Waals surface area contributed by atoms with Crippen LogP contribution in [0.25, 0.3) is 11.1 Å². The van der Waals surface area contributed by atoms with Gasteiger partial charge < -0.3 is 15.2 Å². The SMILES string of the molecule is Cc1ccc(-c2ccc(NC(=O)CN3CCOCC3)c(C(=O)O)c2)c(Cl)c1. The number of nitrogens with zero attached hydrogens (tertiary/aromatic N) is 1. The van der Waals surface area contributed by atoms with Gasteiger partial charge in [-0.2, -0.15) is 0 Å². The predicted molar refractivity (Wildman–Crippen MR) is 104 cm³/mol. The summed E-state index contributed by atoms with van der Waals surface area (Å²) < 4.78 is 5.26. The smallest absolute Gasteiger partial charge is 0.337 e. The lowest BCUT2D eigenvalue weighted by Gasteiger charge is -2.25. The molecule has 6 nitrogen and oxygen atoms in total. The van der Waals surface area contributed by atoms with Crippen LogP contribution < -0.4 is 5.32 Å². The Hall–Kier alpha value is -2.41. The zero-order chi connectivity index (χ0) is 19.4. The molecule has 2 N–H and O–H groups in total. The van der Waals surface area contributed by atoms with Crippen LogP contribution in [0.1, 0.15) is 15.9 Å². The van der Waals surface area contributed by atoms with Crippen LogP contribution in [0.3, 0.4) is 0 Å². The van der Waals surface area contributed by atoms with Gasteiger partial charge in [0, 0.05) is 23.7 Å². The first-order chi connectivity index (χ1) is 12.9. The Labute approximate surface area is 162 Å². The lowest BCUT2D eigenvalue weighted by Crippen LogP contribution is -2.41. The summed E-state index contributed by atoms with van der Waals surface area (Å²) in [6, 6.07) is 10.5. The minimum Gasteiger partial charge on any atom is -0.478 e. The first-order valence-corrected chi connectivity index (χ1v) is 9.05. The first kappa shape index (κ1) is 19.4. The van der Waals surface area contributed by atoms with Gasteiger partial charge in [0.25, 0.3) is 0 Å². The number of halogens is 1. The van der Waals surface area contributed by atoms with Crippen LogP contribution in [0.4, 0.5) is 5.69 Å². The van der Waals surface area contributed by atoms with Gasteiger partial charge in [0.05, 0.1) is 31.0 Å². The number of amides is 1. The summed E-state index contributed by atoms with van der Waals surface area (Å²) in [5.41, 5.74) is 2.75. The lowest BCUT2D eigenvalue weighted by molar-refractivity contribution is -0.118. The number of hydrogen-bond acceptors (Lipinski definition) is 4. The lowest BCUT2D eigenvalue weighted by atomic mass is 10.0. The molecule has 0 spiro atoms. The molecule has 0 aliphatic carbocycles. The average molecular weight is 389 g/mol. The van der Waals surface area contributed by atoms with Crippen molar-refractivity contribution in [3.63, 3.8) is 0 Å². The predicted octanol–water partition coefficient (Wildman–Crippen LogP) is 3.28. The molecule has 1 aliphatic rings. The van der Waals surface area contributed by atoms with E-state index in [0.29, 0.717) is 36.9 Å². The van der Waals surface area contributed by atoms with Gasteiger partial charge in [-0.3, -0.25) is 9.69 Å². The average Bonchev–Trinajstić information content (AvgIpc) is 2.63. The Bertz CT molecular complexity index is 863. The molecule has 1 amide bonds. The molecule has 0 atom stereocenters. The number of carboxylic acid groups (broad SMARTS) is 1. The van der Waals surface area contributed by atoms with Crippen LogP contribution in [0.15, 0.2) is 36.4 Å². The summed E-state index contributed by atoms with van der Waals surface area (Å²) in [4.78, 5) is 26.0. The Morgan fingerprint density at radius 3 is 2.59 bits per heavy atom. The van der Waals surface area contributed by atoms with Gasteiger partial charge >= 0.3 is 5.97 Å². The van der Waals surface area contributed by atoms with Crippen LogP contribution in [-0.2, 0) is 9.53 Å². The summed E-state index contributed by atoms with van der Waals surface area (Å²) in [5, 5.41) is 12.8. The van der Waals surface area contributed by atoms with Crippen molar-refractivity contribution in [3.05, 3.63) is 52.5 Å². The molecule has 3 rings (SSSR count). The van der Waals surface area contributed by atoms with Crippen molar-refractivity contribution in [2.45, 2.75) is 6.92 Å². The number of carbonyl (C=O) groups excluding carboxylic acids is 1. The van der Waals surface area contributed by atoms with Gasteiger partial charge in [-0.15, -0.1) is 0 Å². The second-order valence-electron chi connectivity index (χ2n) is 6.49. The Morgan fingerprint density at radius 1 is 1.19 bits per heavy atom. The minimum absolute atomic E-state index is 0.0273. The highest BCUT2D eigenvalue weighted by molar-refractivity contribution is 6.33. The van der Waals surface area contributed by atoms with E-state index < -0.39 is 5.97 Å². The van der Waals surface area contributed by atoms with Crippen molar-refractivity contribution in [2.75, 3.05) is 38.2 Å². The van der Waals surface area contributed by atoms with E-state index in [2.05, 4.69) is 5.32 Å². The number of hydrogen-bond donors (Lipinski definition) is 2. The molecule has 2 aromatic carbocycles. The molecule has 2 aromatic rings. The van der Waals surface area contributed by atoms with E-state index in [4.69, 9.17) is 16.3 Å². The number of nitrogens with one attached hydrogen (secondary N) is 1. The van der Waals surface area contributed by atoms with Crippen LogP contribution in [-0.4, -0.2) is 54.7 Å². The Kier molecular flexibility index (Phi) is 6.11. The summed E-state index contributed by atoms with van der Waals surface area (Å²) in [6.07, 6.45) is 0. The third kappa shape index (κ3) is 4.86. The number of aromatic carboxylic acids is 1. The highest BCUT2D eigenvalue weighted by atomic mass is 35.5. The van der Waals surface area contributed by atoms with Gasteiger partial charge in [-0.1, -0.05) is 29.8 Å². The van der Waals surface area contributed by atoms with E-state index >= 15 is 0 Å². The zero-order valence-corrected chi connectivity index (χ0v) is 15.8. The van der Waals surface area contributed by atoms with E-state index in [0.717, 1.165) is 11.1 Å². The van der Waals surface area contributed by atoms with Crippen LogP contribution in [0.2, 0.25) is 5.02 Å². The maximum atomic E-state index is 12.3. The fourth-order valence-corrected chi connectivity index (χ4v) is 3.35. The molecule has 0 bridgehead atoms. The number of benzene rings is 2. The summed E-state index contributed by atoms with van der Waals surface area (Å²) in [5.74, 6) is -1.36. The fourth-order valence-electron chi connectivity index (χ4n) is 3.00. The van der Waals surface area contributed by atoms with Gasteiger partial charge in [-0.25, -0.2) is 4.79 Å². The standard InChI is InChI=1S/C20H21ClN2O4/c1-13-2-4-15(17(21)10-13)14-3-5-18(16(11-14)20(25)26)22-19(24)12-23-6-8-27-9-7-23/h2-5,10-11H,6-9,12H2,1H3,(H,22,24)(H,25,26). The number of aryl methyl sites for hydroxylation is 1. The molecular formula is C20H21ClN2O4. The number of carboxylic acids is 1. The molecule has 0 saturated carbocycles. The van der Waals surface area contributed by atoms with E-state index in [1.807, 2.05) is 30.0 Å². The van der Waals surface area contributed by atoms with Crippen LogP contribution in [0.5, 0.6) is 0 Å². The number of ether oxygens (including phenoxy) is 1. The van der Waals surface area contributed by atoms with Gasteiger partial charge in [0.15, 0.2) is 0 Å². The molecule has 0 aromatic heterocycles. The second kappa shape index (κ2) is 8.52. The van der Waals surface area contributed by atoms with Gasteiger partial charge in [-0.05, 0) is 36.2 Å². The van der Waals surface area contributed by atoms with Crippen molar-refractivity contribution in [2.24, 2.45) is 0 Å². The third-order valence-electron chi connectivity index (χ3n) is 4.43. The minimum atomic E-state index is -1.11. The molecule has 1 heterocycles. The van der Waals surface area contributed by atoms with E-state index in [9.17, 15) is 14.7 Å². The van der Waals surface area contributed by atoms with Crippen molar-refractivity contribution >= 4 is 29.2 Å². The summed E-state index contributed by atoms with van der Waals surface area (Å²) >= 11 is 6.30. The number of rotatable bonds is 5. The molecular weight excluding hydrogens is 368 g/mol. The Balaban J connectivity index is 1.81. The van der Waals surface area contributed by atoms with Crippen molar-refractivity contribution in [3.8, 4) is 11.1 Å². The molecule has 0 unspecified atom stereocenters. The molecule has 1 aliphatic heterocycles. The molecule has 0 radical (unpaired) electrons. The van der Waals surface area contributed by atoms with Crippen LogP contribution >= 0.6 is 11.6 Å². The first-order valence-electron chi connectivity index (χ1n) is 8.68. The highest BCUT2D eigenvalue weighted by Crippen LogP contribution is 2.31. The molecule has 1 fully saturated rings. The molecule has 142 valence electrons. The number of anilines is 1. The largest absolute Gasteiger partial charge is 0.478 e. The Morgan fingerprint density at radius 2 is 1.93 bits per heavy atom. The number of carbonyl (C=O) groups is 2. The normalized spacial score (nSPS) is 14.7. The summed E-state index contributed by atoms with van der Waals surface area (Å²) in [6.45, 7) is 4.70. The molecule has 7 heteroatoms.